The predicted molar refractivity (Wildman–Crippen MR) is 92.2 cm³/mol. The number of ether oxygens (including phenoxy) is 1. The molecule has 130 valence electrons. The van der Waals surface area contributed by atoms with Gasteiger partial charge in [-0.05, 0) is 31.9 Å². The van der Waals surface area contributed by atoms with Crippen molar-refractivity contribution < 1.29 is 19.4 Å². The van der Waals surface area contributed by atoms with Crippen LogP contribution in [0.5, 0.6) is 0 Å². The molecule has 2 saturated heterocycles. The Balaban J connectivity index is 1.66. The molecule has 2 aliphatic rings. The van der Waals surface area contributed by atoms with Crippen molar-refractivity contribution in [2.75, 3.05) is 32.1 Å². The summed E-state index contributed by atoms with van der Waals surface area (Å²) in [6.45, 7) is 5.75. The Labute approximate surface area is 146 Å². The first kappa shape index (κ1) is 17.3. The van der Waals surface area contributed by atoms with Crippen LogP contribution in [0.1, 0.15) is 17.5 Å². The lowest BCUT2D eigenvalue weighted by atomic mass is 9.74. The molecule has 0 radical (unpaired) electrons. The fourth-order valence-corrected chi connectivity index (χ4v) is 4.61. The van der Waals surface area contributed by atoms with Crippen molar-refractivity contribution in [1.82, 2.24) is 4.90 Å². The van der Waals surface area contributed by atoms with Gasteiger partial charge in [0.1, 0.15) is 0 Å². The summed E-state index contributed by atoms with van der Waals surface area (Å²) in [6, 6.07) is 6.20. The number of thioether (sulfide) groups is 1. The minimum absolute atomic E-state index is 0.0101. The molecule has 6 heteroatoms. The van der Waals surface area contributed by atoms with Gasteiger partial charge in [-0.1, -0.05) is 17.7 Å². The van der Waals surface area contributed by atoms with Crippen LogP contribution in [0.15, 0.2) is 23.1 Å². The topological polar surface area (TPSA) is 66.8 Å². The fraction of sp³-hybridized carbons (Fsp3) is 0.556. The summed E-state index contributed by atoms with van der Waals surface area (Å²) in [6.07, 6.45) is 0.487. The van der Waals surface area contributed by atoms with E-state index in [9.17, 15) is 14.7 Å². The van der Waals surface area contributed by atoms with Crippen molar-refractivity contribution in [1.29, 1.82) is 0 Å². The van der Waals surface area contributed by atoms with Crippen LogP contribution in [0.2, 0.25) is 0 Å². The highest BCUT2D eigenvalue weighted by Crippen LogP contribution is 2.42. The molecule has 0 bridgehead atoms. The van der Waals surface area contributed by atoms with E-state index in [0.29, 0.717) is 38.5 Å². The number of carbonyl (C=O) groups is 2. The second kappa shape index (κ2) is 6.76. The summed E-state index contributed by atoms with van der Waals surface area (Å²) in [5.74, 6) is -0.546. The minimum Gasteiger partial charge on any atom is -0.481 e. The Morgan fingerprint density at radius 1 is 1.42 bits per heavy atom. The molecule has 1 N–H and O–H groups in total. The van der Waals surface area contributed by atoms with E-state index in [4.69, 9.17) is 4.74 Å². The van der Waals surface area contributed by atoms with E-state index in [1.165, 1.54) is 17.3 Å². The molecule has 0 unspecified atom stereocenters. The lowest BCUT2D eigenvalue weighted by molar-refractivity contribution is -0.157. The number of aliphatic carboxylic acids is 1. The standard InChI is InChI=1S/C18H23NO4S/c1-12-3-4-13(2)15(7-12)24-10-16(20)19-8-14-9-23-6-5-18(14,11-19)17(21)22/h3-4,7,14H,5-6,8-11H2,1-2H3,(H,21,22)/t14-,18+/m0/s1. The van der Waals surface area contributed by atoms with Crippen LogP contribution >= 0.6 is 11.8 Å². The number of carbonyl (C=O) groups excluding carboxylic acids is 1. The van der Waals surface area contributed by atoms with Gasteiger partial charge < -0.3 is 14.7 Å². The summed E-state index contributed by atoms with van der Waals surface area (Å²) in [5, 5.41) is 9.67. The minimum atomic E-state index is -0.822. The van der Waals surface area contributed by atoms with Crippen LogP contribution in [0, 0.1) is 25.2 Å². The molecule has 2 atom stereocenters. The average molecular weight is 349 g/mol. The van der Waals surface area contributed by atoms with Crippen molar-refractivity contribution in [3.63, 3.8) is 0 Å². The number of hydrogen-bond donors (Lipinski definition) is 1. The summed E-state index contributed by atoms with van der Waals surface area (Å²) >= 11 is 1.53. The molecule has 2 aliphatic heterocycles. The monoisotopic (exact) mass is 349 g/mol. The van der Waals surface area contributed by atoms with Gasteiger partial charge in [0.15, 0.2) is 0 Å². The van der Waals surface area contributed by atoms with E-state index in [2.05, 4.69) is 18.2 Å². The third kappa shape index (κ3) is 3.17. The van der Waals surface area contributed by atoms with E-state index >= 15 is 0 Å². The van der Waals surface area contributed by atoms with Gasteiger partial charge >= 0.3 is 5.97 Å². The predicted octanol–water partition coefficient (Wildman–Crippen LogP) is 2.35. The van der Waals surface area contributed by atoms with Crippen molar-refractivity contribution in [2.45, 2.75) is 25.2 Å². The van der Waals surface area contributed by atoms with Crippen LogP contribution in [-0.4, -0.2) is 53.9 Å². The van der Waals surface area contributed by atoms with Crippen LogP contribution in [-0.2, 0) is 14.3 Å². The molecule has 24 heavy (non-hydrogen) atoms. The highest BCUT2D eigenvalue weighted by molar-refractivity contribution is 8.00. The number of hydrogen-bond acceptors (Lipinski definition) is 4. The van der Waals surface area contributed by atoms with E-state index in [1.807, 2.05) is 13.8 Å². The second-order valence-corrected chi connectivity index (χ2v) is 7.83. The molecule has 0 aromatic heterocycles. The van der Waals surface area contributed by atoms with Gasteiger partial charge in [-0.25, -0.2) is 0 Å². The lowest BCUT2D eigenvalue weighted by Gasteiger charge is -2.33. The zero-order valence-electron chi connectivity index (χ0n) is 14.1. The molecule has 1 aromatic carbocycles. The van der Waals surface area contributed by atoms with Gasteiger partial charge in [-0.15, -0.1) is 11.8 Å². The van der Waals surface area contributed by atoms with Gasteiger partial charge in [0.25, 0.3) is 0 Å². The normalized spacial score (nSPS) is 26.2. The third-order valence-electron chi connectivity index (χ3n) is 5.18. The van der Waals surface area contributed by atoms with Gasteiger partial charge in [-0.2, -0.15) is 0 Å². The van der Waals surface area contributed by atoms with Crippen molar-refractivity contribution in [2.24, 2.45) is 11.3 Å². The molecule has 1 amide bonds. The first-order valence-corrected chi connectivity index (χ1v) is 9.20. The van der Waals surface area contributed by atoms with Gasteiger partial charge in [0.2, 0.25) is 5.91 Å². The Hall–Kier alpha value is -1.53. The average Bonchev–Trinajstić information content (AvgIpc) is 2.96. The third-order valence-corrected chi connectivity index (χ3v) is 6.32. The maximum absolute atomic E-state index is 12.6. The number of carboxylic acid groups (broad SMARTS) is 1. The number of nitrogens with zero attached hydrogens (tertiary/aromatic N) is 1. The molecule has 0 spiro atoms. The van der Waals surface area contributed by atoms with Crippen LogP contribution < -0.4 is 0 Å². The van der Waals surface area contributed by atoms with Crippen molar-refractivity contribution in [3.05, 3.63) is 29.3 Å². The van der Waals surface area contributed by atoms with Crippen LogP contribution in [0.4, 0.5) is 0 Å². The fourth-order valence-electron chi connectivity index (χ4n) is 3.58. The molecule has 2 fully saturated rings. The number of fused-ring (bicyclic) bond motifs is 1. The summed E-state index contributed by atoms with van der Waals surface area (Å²) in [5.41, 5.74) is 1.51. The molecule has 0 aliphatic carbocycles. The van der Waals surface area contributed by atoms with Crippen molar-refractivity contribution >= 4 is 23.6 Å². The molecule has 2 heterocycles. The molecule has 1 aromatic rings. The Bertz CT molecular complexity index is 662. The maximum Gasteiger partial charge on any atom is 0.311 e. The van der Waals surface area contributed by atoms with Gasteiger partial charge in [0, 0.05) is 30.5 Å². The molecule has 3 rings (SSSR count). The Kier molecular flexibility index (Phi) is 4.88. The van der Waals surface area contributed by atoms with Crippen molar-refractivity contribution in [3.8, 4) is 0 Å². The highest BCUT2D eigenvalue weighted by atomic mass is 32.2. The van der Waals surface area contributed by atoms with Gasteiger partial charge in [-0.3, -0.25) is 9.59 Å². The molecular weight excluding hydrogens is 326 g/mol. The van der Waals surface area contributed by atoms with E-state index < -0.39 is 11.4 Å². The second-order valence-electron chi connectivity index (χ2n) is 6.82. The SMILES string of the molecule is Cc1ccc(C)c(SCC(=O)N2C[C@H]3COCC[C@@]3(C(=O)O)C2)c1. The number of benzene rings is 1. The summed E-state index contributed by atoms with van der Waals surface area (Å²) < 4.78 is 5.44. The Morgan fingerprint density at radius 2 is 2.21 bits per heavy atom. The number of rotatable bonds is 4. The van der Waals surface area contributed by atoms with E-state index in [1.54, 1.807) is 4.90 Å². The summed E-state index contributed by atoms with van der Waals surface area (Å²) in [4.78, 5) is 27.2. The molecular formula is C18H23NO4S. The maximum atomic E-state index is 12.6. The number of carboxylic acids is 1. The first-order chi connectivity index (χ1) is 11.4. The quantitative estimate of drug-likeness (QED) is 0.845. The largest absolute Gasteiger partial charge is 0.481 e. The first-order valence-electron chi connectivity index (χ1n) is 8.21. The molecule has 0 saturated carbocycles. The zero-order valence-corrected chi connectivity index (χ0v) is 14.9. The molecule has 5 nitrogen and oxygen atoms in total. The van der Waals surface area contributed by atoms with E-state index in [0.717, 1.165) is 10.5 Å². The van der Waals surface area contributed by atoms with Gasteiger partial charge in [0.05, 0.1) is 17.8 Å². The lowest BCUT2D eigenvalue weighted by Crippen LogP contribution is -2.45. The number of likely N-dealkylation sites (tertiary alicyclic amines) is 1. The number of amides is 1. The Morgan fingerprint density at radius 3 is 2.92 bits per heavy atom. The highest BCUT2D eigenvalue weighted by Gasteiger charge is 2.54. The van der Waals surface area contributed by atoms with E-state index in [-0.39, 0.29) is 11.8 Å². The number of aryl methyl sites for hydroxylation is 2. The summed E-state index contributed by atoms with van der Waals surface area (Å²) in [7, 11) is 0. The van der Waals surface area contributed by atoms with Crippen LogP contribution in [0.25, 0.3) is 0 Å². The smallest absolute Gasteiger partial charge is 0.311 e. The zero-order chi connectivity index (χ0) is 17.3. The van der Waals surface area contributed by atoms with Crippen LogP contribution in [0.3, 0.4) is 0 Å².